The van der Waals surface area contributed by atoms with Crippen molar-refractivity contribution in [1.82, 2.24) is 0 Å². The maximum absolute atomic E-state index is 12.0. The maximum Gasteiger partial charge on any atom is 0.323 e. The van der Waals surface area contributed by atoms with Gasteiger partial charge in [0, 0.05) is 17.9 Å². The average Bonchev–Trinajstić information content (AvgIpc) is 2.37. The van der Waals surface area contributed by atoms with Gasteiger partial charge in [-0.1, -0.05) is 18.2 Å². The first-order valence-electron chi connectivity index (χ1n) is 6.52. The third-order valence-corrected chi connectivity index (χ3v) is 2.90. The van der Waals surface area contributed by atoms with Gasteiger partial charge in [-0.3, -0.25) is 0 Å². The normalized spacial score (nSPS) is 10.2. The van der Waals surface area contributed by atoms with E-state index in [1.807, 2.05) is 50.2 Å². The summed E-state index contributed by atoms with van der Waals surface area (Å²) in [7, 11) is 0. The van der Waals surface area contributed by atoms with Gasteiger partial charge in [0.25, 0.3) is 0 Å². The molecule has 0 aliphatic heterocycles. The number of rotatable bonds is 3. The molecule has 0 aliphatic rings. The molecule has 0 heterocycles. The molecule has 2 rings (SSSR count). The summed E-state index contributed by atoms with van der Waals surface area (Å²) in [6.07, 6.45) is 0. The maximum atomic E-state index is 12.0. The quantitative estimate of drug-likeness (QED) is 0.799. The van der Waals surface area contributed by atoms with E-state index in [4.69, 9.17) is 5.73 Å². The van der Waals surface area contributed by atoms with Crippen molar-refractivity contribution < 1.29 is 4.79 Å². The van der Waals surface area contributed by atoms with E-state index >= 15 is 0 Å². The fourth-order valence-electron chi connectivity index (χ4n) is 2.12. The highest BCUT2D eigenvalue weighted by molar-refractivity contribution is 5.99. The molecule has 2 aromatic carbocycles. The Kier molecular flexibility index (Phi) is 4.38. The van der Waals surface area contributed by atoms with E-state index in [1.165, 1.54) is 0 Å². The number of hydrogen-bond acceptors (Lipinski definition) is 2. The van der Waals surface area contributed by atoms with Gasteiger partial charge in [0.05, 0.1) is 0 Å². The highest BCUT2D eigenvalue weighted by atomic mass is 16.2. The lowest BCUT2D eigenvalue weighted by molar-refractivity contribution is 0.262. The number of hydrogen-bond donors (Lipinski definition) is 3. The highest BCUT2D eigenvalue weighted by Gasteiger charge is 2.04. The molecular formula is C16H19N3O. The summed E-state index contributed by atoms with van der Waals surface area (Å²) in [4.78, 5) is 12.0. The number of nitrogens with one attached hydrogen (secondary N) is 2. The molecule has 20 heavy (non-hydrogen) atoms. The van der Waals surface area contributed by atoms with Crippen LogP contribution >= 0.6 is 0 Å². The van der Waals surface area contributed by atoms with Crippen molar-refractivity contribution in [3.63, 3.8) is 0 Å². The SMILES string of the molecule is Cc1cc(C)cc(NC(=O)Nc2cccc(CN)c2)c1. The van der Waals surface area contributed by atoms with Crippen LogP contribution in [-0.2, 0) is 6.54 Å². The van der Waals surface area contributed by atoms with Crippen LogP contribution in [0.4, 0.5) is 16.2 Å². The number of benzene rings is 2. The molecule has 0 saturated carbocycles. The molecule has 4 N–H and O–H groups in total. The van der Waals surface area contributed by atoms with Crippen molar-refractivity contribution in [2.45, 2.75) is 20.4 Å². The number of amides is 2. The molecule has 2 aromatic rings. The van der Waals surface area contributed by atoms with Crippen molar-refractivity contribution in [2.75, 3.05) is 10.6 Å². The van der Waals surface area contributed by atoms with Crippen LogP contribution < -0.4 is 16.4 Å². The number of nitrogens with two attached hydrogens (primary N) is 1. The van der Waals surface area contributed by atoms with Crippen molar-refractivity contribution in [1.29, 1.82) is 0 Å². The van der Waals surface area contributed by atoms with Gasteiger partial charge >= 0.3 is 6.03 Å². The molecule has 2 amide bonds. The summed E-state index contributed by atoms with van der Waals surface area (Å²) in [5.41, 5.74) is 10.3. The zero-order chi connectivity index (χ0) is 14.5. The smallest absolute Gasteiger partial charge is 0.323 e. The Morgan fingerprint density at radius 1 is 1.00 bits per heavy atom. The lowest BCUT2D eigenvalue weighted by Gasteiger charge is -2.10. The van der Waals surface area contributed by atoms with Crippen LogP contribution in [0.3, 0.4) is 0 Å². The van der Waals surface area contributed by atoms with Crippen LogP contribution in [0.15, 0.2) is 42.5 Å². The molecule has 104 valence electrons. The molecule has 0 saturated heterocycles. The van der Waals surface area contributed by atoms with Gasteiger partial charge in [-0.25, -0.2) is 4.79 Å². The molecular weight excluding hydrogens is 250 g/mol. The number of aryl methyl sites for hydroxylation is 2. The molecule has 0 spiro atoms. The molecule has 0 aromatic heterocycles. The summed E-state index contributed by atoms with van der Waals surface area (Å²) < 4.78 is 0. The fourth-order valence-corrected chi connectivity index (χ4v) is 2.12. The van der Waals surface area contributed by atoms with Crippen molar-refractivity contribution >= 4 is 17.4 Å². The van der Waals surface area contributed by atoms with Gasteiger partial charge in [-0.2, -0.15) is 0 Å². The van der Waals surface area contributed by atoms with Gasteiger partial charge in [-0.05, 0) is 54.8 Å². The number of anilines is 2. The third kappa shape index (κ3) is 3.83. The van der Waals surface area contributed by atoms with E-state index < -0.39 is 0 Å². The Morgan fingerprint density at radius 3 is 2.30 bits per heavy atom. The van der Waals surface area contributed by atoms with Crippen LogP contribution in [0.1, 0.15) is 16.7 Å². The number of urea groups is 1. The second-order valence-electron chi connectivity index (χ2n) is 4.86. The van der Waals surface area contributed by atoms with Crippen LogP contribution in [0.25, 0.3) is 0 Å². The zero-order valence-electron chi connectivity index (χ0n) is 11.7. The topological polar surface area (TPSA) is 67.2 Å². The van der Waals surface area contributed by atoms with Crippen LogP contribution in [0, 0.1) is 13.8 Å². The Morgan fingerprint density at radius 2 is 1.65 bits per heavy atom. The minimum Gasteiger partial charge on any atom is -0.326 e. The summed E-state index contributed by atoms with van der Waals surface area (Å²) in [6, 6.07) is 13.2. The summed E-state index contributed by atoms with van der Waals surface area (Å²) in [5, 5.41) is 5.63. The minimum atomic E-state index is -0.260. The summed E-state index contributed by atoms with van der Waals surface area (Å²) in [6.45, 7) is 4.45. The van der Waals surface area contributed by atoms with Gasteiger partial charge < -0.3 is 16.4 Å². The molecule has 0 aliphatic carbocycles. The monoisotopic (exact) mass is 269 g/mol. The Hall–Kier alpha value is -2.33. The largest absolute Gasteiger partial charge is 0.326 e. The second kappa shape index (κ2) is 6.21. The van der Waals surface area contributed by atoms with E-state index in [2.05, 4.69) is 16.7 Å². The first-order valence-corrected chi connectivity index (χ1v) is 6.52. The van der Waals surface area contributed by atoms with Crippen LogP contribution in [0.2, 0.25) is 0 Å². The van der Waals surface area contributed by atoms with Crippen molar-refractivity contribution in [3.05, 3.63) is 59.2 Å². The van der Waals surface area contributed by atoms with E-state index in [1.54, 1.807) is 0 Å². The van der Waals surface area contributed by atoms with E-state index in [0.29, 0.717) is 6.54 Å². The molecule has 0 bridgehead atoms. The highest BCUT2D eigenvalue weighted by Crippen LogP contribution is 2.15. The van der Waals surface area contributed by atoms with Crippen LogP contribution in [-0.4, -0.2) is 6.03 Å². The summed E-state index contributed by atoms with van der Waals surface area (Å²) in [5.74, 6) is 0. The Bertz CT molecular complexity index is 603. The second-order valence-corrected chi connectivity index (χ2v) is 4.86. The van der Waals surface area contributed by atoms with Gasteiger partial charge in [0.15, 0.2) is 0 Å². The molecule has 4 nitrogen and oxygen atoms in total. The standard InChI is InChI=1S/C16H19N3O/c1-11-6-12(2)8-15(7-11)19-16(20)18-14-5-3-4-13(9-14)10-17/h3-9H,10,17H2,1-2H3,(H2,18,19,20). The van der Waals surface area contributed by atoms with E-state index in [9.17, 15) is 4.79 Å². The lowest BCUT2D eigenvalue weighted by Crippen LogP contribution is -2.19. The average molecular weight is 269 g/mol. The zero-order valence-corrected chi connectivity index (χ0v) is 11.7. The predicted molar refractivity (Wildman–Crippen MR) is 82.9 cm³/mol. The van der Waals surface area contributed by atoms with Crippen LogP contribution in [0.5, 0.6) is 0 Å². The molecule has 0 fully saturated rings. The number of carbonyl (C=O) groups is 1. The van der Waals surface area contributed by atoms with Gasteiger partial charge in [0.1, 0.15) is 0 Å². The Balaban J connectivity index is 2.04. The molecule has 0 unspecified atom stereocenters. The lowest BCUT2D eigenvalue weighted by atomic mass is 10.1. The molecule has 0 atom stereocenters. The van der Waals surface area contributed by atoms with Gasteiger partial charge in [0.2, 0.25) is 0 Å². The minimum absolute atomic E-state index is 0.260. The van der Waals surface area contributed by atoms with E-state index in [0.717, 1.165) is 28.1 Å². The third-order valence-electron chi connectivity index (χ3n) is 2.90. The number of carbonyl (C=O) groups excluding carboxylic acids is 1. The summed E-state index contributed by atoms with van der Waals surface area (Å²) >= 11 is 0. The Labute approximate surface area is 119 Å². The predicted octanol–water partition coefficient (Wildman–Crippen LogP) is 3.41. The first-order chi connectivity index (χ1) is 9.56. The van der Waals surface area contributed by atoms with Crippen molar-refractivity contribution in [3.8, 4) is 0 Å². The molecule has 4 heteroatoms. The van der Waals surface area contributed by atoms with Gasteiger partial charge in [-0.15, -0.1) is 0 Å². The van der Waals surface area contributed by atoms with Crippen molar-refractivity contribution in [2.24, 2.45) is 5.73 Å². The molecule has 0 radical (unpaired) electrons. The first kappa shape index (κ1) is 14.1. The van der Waals surface area contributed by atoms with E-state index in [-0.39, 0.29) is 6.03 Å². The fraction of sp³-hybridized carbons (Fsp3) is 0.188.